The van der Waals surface area contributed by atoms with Crippen molar-refractivity contribution < 1.29 is 14.3 Å². The Morgan fingerprint density at radius 3 is 2.95 bits per heavy atom. The van der Waals surface area contributed by atoms with Crippen LogP contribution in [0, 0.1) is 11.3 Å². The van der Waals surface area contributed by atoms with Crippen molar-refractivity contribution in [1.29, 1.82) is 5.26 Å². The second-order valence-electron chi connectivity index (χ2n) is 5.29. The molecule has 1 aromatic rings. The highest BCUT2D eigenvalue weighted by atomic mass is 16.5. The maximum atomic E-state index is 12.3. The first-order valence-corrected chi connectivity index (χ1v) is 7.13. The first-order chi connectivity index (χ1) is 10.7. The molecule has 2 unspecified atom stereocenters. The number of hydrogen-bond donors (Lipinski definition) is 1. The lowest BCUT2D eigenvalue weighted by Gasteiger charge is -2.20. The van der Waals surface area contributed by atoms with E-state index in [1.165, 1.54) is 12.4 Å². The Labute approximate surface area is 127 Å². The van der Waals surface area contributed by atoms with E-state index in [1.807, 2.05) is 6.07 Å². The molecule has 2 saturated heterocycles. The van der Waals surface area contributed by atoms with Crippen LogP contribution in [0.2, 0.25) is 0 Å². The normalized spacial score (nSPS) is 24.0. The quantitative estimate of drug-likeness (QED) is 0.814. The Bertz CT molecular complexity index is 642. The van der Waals surface area contributed by atoms with Gasteiger partial charge in [-0.05, 0) is 6.42 Å². The summed E-state index contributed by atoms with van der Waals surface area (Å²) in [4.78, 5) is 33.1. The highest BCUT2D eigenvalue weighted by Crippen LogP contribution is 2.20. The summed E-state index contributed by atoms with van der Waals surface area (Å²) in [7, 11) is 0. The zero-order chi connectivity index (χ0) is 15.5. The molecular formula is C14H15N5O3. The summed E-state index contributed by atoms with van der Waals surface area (Å²) < 4.78 is 5.68. The number of nitrogens with zero attached hydrogens (tertiary/aromatic N) is 4. The standard InChI is InChI=1S/C14H15N5O3/c15-7-11-13(17-5-4-16-11)22-9-3-6-19(8-9)14(21)10-1-2-12(20)18-10/h4-5,9-10H,1-3,6,8H2,(H,18,20). The molecule has 8 nitrogen and oxygen atoms in total. The summed E-state index contributed by atoms with van der Waals surface area (Å²) in [6, 6.07) is 1.51. The summed E-state index contributed by atoms with van der Waals surface area (Å²) in [5.41, 5.74) is 0.135. The van der Waals surface area contributed by atoms with Crippen LogP contribution in [0.5, 0.6) is 5.88 Å². The molecule has 2 aliphatic rings. The van der Waals surface area contributed by atoms with Gasteiger partial charge in [0.2, 0.25) is 17.5 Å². The van der Waals surface area contributed by atoms with Crippen LogP contribution in [0.15, 0.2) is 12.4 Å². The zero-order valence-corrected chi connectivity index (χ0v) is 11.9. The predicted molar refractivity (Wildman–Crippen MR) is 73.5 cm³/mol. The van der Waals surface area contributed by atoms with Gasteiger partial charge in [0.25, 0.3) is 5.88 Å². The van der Waals surface area contributed by atoms with Gasteiger partial charge in [0, 0.05) is 31.8 Å². The van der Waals surface area contributed by atoms with Gasteiger partial charge in [-0.3, -0.25) is 9.59 Å². The number of ether oxygens (including phenoxy) is 1. The molecule has 0 aliphatic carbocycles. The minimum Gasteiger partial charge on any atom is -0.470 e. The van der Waals surface area contributed by atoms with E-state index in [0.717, 1.165) is 0 Å². The third-order valence-electron chi connectivity index (χ3n) is 3.80. The summed E-state index contributed by atoms with van der Waals surface area (Å²) in [6.45, 7) is 0.991. The van der Waals surface area contributed by atoms with Crippen LogP contribution in [-0.2, 0) is 9.59 Å². The van der Waals surface area contributed by atoms with Crippen molar-refractivity contribution in [1.82, 2.24) is 20.2 Å². The van der Waals surface area contributed by atoms with E-state index in [9.17, 15) is 9.59 Å². The van der Waals surface area contributed by atoms with Crippen molar-refractivity contribution in [2.24, 2.45) is 0 Å². The van der Waals surface area contributed by atoms with Crippen molar-refractivity contribution >= 4 is 11.8 Å². The molecule has 2 amide bonds. The molecule has 2 atom stereocenters. The van der Waals surface area contributed by atoms with Gasteiger partial charge in [0.1, 0.15) is 18.2 Å². The number of amides is 2. The fraction of sp³-hybridized carbons (Fsp3) is 0.500. The highest BCUT2D eigenvalue weighted by molar-refractivity contribution is 5.90. The monoisotopic (exact) mass is 301 g/mol. The lowest BCUT2D eigenvalue weighted by atomic mass is 10.2. The molecule has 0 radical (unpaired) electrons. The molecule has 114 valence electrons. The van der Waals surface area contributed by atoms with Crippen molar-refractivity contribution in [3.63, 3.8) is 0 Å². The maximum Gasteiger partial charge on any atom is 0.251 e. The Balaban J connectivity index is 1.59. The van der Waals surface area contributed by atoms with E-state index >= 15 is 0 Å². The first kappa shape index (κ1) is 14.3. The molecule has 0 saturated carbocycles. The van der Waals surface area contributed by atoms with E-state index < -0.39 is 6.04 Å². The second kappa shape index (κ2) is 5.97. The maximum absolute atomic E-state index is 12.3. The van der Waals surface area contributed by atoms with E-state index in [4.69, 9.17) is 10.00 Å². The molecule has 3 heterocycles. The topological polar surface area (TPSA) is 108 Å². The molecule has 0 aromatic carbocycles. The van der Waals surface area contributed by atoms with Gasteiger partial charge in [0.05, 0.1) is 6.54 Å². The van der Waals surface area contributed by atoms with Gasteiger partial charge in [-0.15, -0.1) is 0 Å². The van der Waals surface area contributed by atoms with Gasteiger partial charge in [-0.2, -0.15) is 5.26 Å². The molecule has 0 spiro atoms. The van der Waals surface area contributed by atoms with E-state index in [0.29, 0.717) is 32.4 Å². The smallest absolute Gasteiger partial charge is 0.251 e. The fourth-order valence-corrected chi connectivity index (χ4v) is 2.69. The molecule has 8 heteroatoms. The van der Waals surface area contributed by atoms with Gasteiger partial charge in [-0.25, -0.2) is 9.97 Å². The average Bonchev–Trinajstić information content (AvgIpc) is 3.16. The number of carbonyl (C=O) groups excluding carboxylic acids is 2. The van der Waals surface area contributed by atoms with Crippen LogP contribution in [0.1, 0.15) is 25.0 Å². The van der Waals surface area contributed by atoms with Crippen LogP contribution >= 0.6 is 0 Å². The number of nitriles is 1. The number of aromatic nitrogens is 2. The van der Waals surface area contributed by atoms with Crippen molar-refractivity contribution in [3.8, 4) is 11.9 Å². The Morgan fingerprint density at radius 1 is 1.41 bits per heavy atom. The molecular weight excluding hydrogens is 286 g/mol. The summed E-state index contributed by atoms with van der Waals surface area (Å²) >= 11 is 0. The number of rotatable bonds is 3. The molecule has 3 rings (SSSR count). The lowest BCUT2D eigenvalue weighted by molar-refractivity contribution is -0.133. The number of nitrogens with one attached hydrogen (secondary N) is 1. The van der Waals surface area contributed by atoms with Crippen molar-refractivity contribution in [3.05, 3.63) is 18.1 Å². The minimum absolute atomic E-state index is 0.0726. The van der Waals surface area contributed by atoms with Crippen molar-refractivity contribution in [2.75, 3.05) is 13.1 Å². The number of likely N-dealkylation sites (tertiary alicyclic amines) is 1. The van der Waals surface area contributed by atoms with Gasteiger partial charge in [-0.1, -0.05) is 0 Å². The Hall–Kier alpha value is -2.69. The Morgan fingerprint density at radius 2 is 2.23 bits per heavy atom. The van der Waals surface area contributed by atoms with Crippen LogP contribution in [-0.4, -0.2) is 51.9 Å². The molecule has 1 aromatic heterocycles. The summed E-state index contributed by atoms with van der Waals surface area (Å²) in [5, 5.41) is 11.6. The molecule has 2 fully saturated rings. The van der Waals surface area contributed by atoms with Crippen molar-refractivity contribution in [2.45, 2.75) is 31.4 Å². The average molecular weight is 301 g/mol. The van der Waals surface area contributed by atoms with Gasteiger partial charge >= 0.3 is 0 Å². The van der Waals surface area contributed by atoms with E-state index in [2.05, 4.69) is 15.3 Å². The highest BCUT2D eigenvalue weighted by Gasteiger charge is 2.35. The largest absolute Gasteiger partial charge is 0.470 e. The molecule has 2 aliphatic heterocycles. The zero-order valence-electron chi connectivity index (χ0n) is 11.9. The molecule has 0 bridgehead atoms. The van der Waals surface area contributed by atoms with Crippen LogP contribution in [0.3, 0.4) is 0 Å². The summed E-state index contributed by atoms with van der Waals surface area (Å²) in [5.74, 6) is 0.0404. The molecule has 1 N–H and O–H groups in total. The SMILES string of the molecule is N#Cc1nccnc1OC1CCN(C(=O)C2CCC(=O)N2)C1. The predicted octanol–water partition coefficient (Wildman–Crippen LogP) is -0.393. The third kappa shape index (κ3) is 2.83. The van der Waals surface area contributed by atoms with Crippen LogP contribution in [0.4, 0.5) is 0 Å². The minimum atomic E-state index is -0.419. The lowest BCUT2D eigenvalue weighted by Crippen LogP contribution is -2.44. The third-order valence-corrected chi connectivity index (χ3v) is 3.80. The van der Waals surface area contributed by atoms with E-state index in [-0.39, 0.29) is 29.5 Å². The summed E-state index contributed by atoms with van der Waals surface area (Å²) in [6.07, 6.45) is 4.27. The number of hydrogen-bond acceptors (Lipinski definition) is 6. The van der Waals surface area contributed by atoms with E-state index in [1.54, 1.807) is 4.90 Å². The molecule has 22 heavy (non-hydrogen) atoms. The van der Waals surface area contributed by atoms with Gasteiger partial charge < -0.3 is 15.0 Å². The van der Waals surface area contributed by atoms with Crippen LogP contribution in [0.25, 0.3) is 0 Å². The first-order valence-electron chi connectivity index (χ1n) is 7.13. The number of carbonyl (C=O) groups is 2. The second-order valence-corrected chi connectivity index (χ2v) is 5.29. The Kier molecular flexibility index (Phi) is 3.87. The van der Waals surface area contributed by atoms with Gasteiger partial charge in [0.15, 0.2) is 0 Å². The van der Waals surface area contributed by atoms with Crippen LogP contribution < -0.4 is 10.1 Å². The fourth-order valence-electron chi connectivity index (χ4n) is 2.69.